The minimum atomic E-state index is -0.211. The molecule has 172 valence electrons. The zero-order chi connectivity index (χ0) is 23.2. The van der Waals surface area contributed by atoms with Crippen LogP contribution in [0.25, 0.3) is 11.4 Å². The Balaban J connectivity index is 1.48. The summed E-state index contributed by atoms with van der Waals surface area (Å²) in [5.41, 5.74) is 5.02. The zero-order valence-electron chi connectivity index (χ0n) is 18.3. The number of nitrogens with zero attached hydrogens (tertiary/aromatic N) is 4. The Bertz CT molecular complexity index is 1140. The molecule has 0 radical (unpaired) electrons. The Morgan fingerprint density at radius 3 is 2.55 bits per heavy atom. The second-order valence-corrected chi connectivity index (χ2v) is 9.76. The lowest BCUT2D eigenvalue weighted by Gasteiger charge is -2.25. The molecule has 0 saturated heterocycles. The van der Waals surface area contributed by atoms with Gasteiger partial charge in [0.05, 0.1) is 11.5 Å². The van der Waals surface area contributed by atoms with E-state index in [2.05, 4.69) is 25.3 Å². The molecule has 1 aliphatic rings. The summed E-state index contributed by atoms with van der Waals surface area (Å²) in [4.78, 5) is 12.5. The second-order valence-electron chi connectivity index (χ2n) is 7.98. The smallest absolute Gasteiger partial charge is 0.250 e. The highest BCUT2D eigenvalue weighted by molar-refractivity contribution is 7.99. The van der Waals surface area contributed by atoms with Gasteiger partial charge in [-0.15, -0.1) is 10.2 Å². The Hall–Kier alpha value is -2.35. The number of carbonyl (C=O) groups is 1. The summed E-state index contributed by atoms with van der Waals surface area (Å²) in [5, 5.41) is 15.1. The van der Waals surface area contributed by atoms with Crippen molar-refractivity contribution in [2.24, 2.45) is 5.10 Å². The summed E-state index contributed by atoms with van der Waals surface area (Å²) in [6, 6.07) is 15.4. The van der Waals surface area contributed by atoms with E-state index in [1.807, 2.05) is 49.4 Å². The molecule has 1 aromatic heterocycles. The molecule has 0 unspecified atom stereocenters. The molecule has 4 rings (SSSR count). The lowest BCUT2D eigenvalue weighted by Crippen LogP contribution is -2.22. The minimum Gasteiger partial charge on any atom is -0.299 e. The van der Waals surface area contributed by atoms with Crippen molar-refractivity contribution in [2.45, 2.75) is 50.2 Å². The standard InChI is InChI=1S/C24H25Cl2N5OS/c1-16(20-9-5-6-10-21(20)26)27-28-22(32)15-33-24-30-29-23(17-11-13-18(25)14-12-17)31(24)19-7-3-2-4-8-19/h5-6,9-14,19H,2-4,7-8,15H2,1H3,(H,28,32)/b27-16-. The van der Waals surface area contributed by atoms with Crippen LogP contribution in [0.1, 0.15) is 50.6 Å². The average Bonchev–Trinajstić information content (AvgIpc) is 3.26. The fourth-order valence-corrected chi connectivity index (χ4v) is 5.16. The Labute approximate surface area is 207 Å². The van der Waals surface area contributed by atoms with E-state index < -0.39 is 0 Å². The number of hydrogen-bond acceptors (Lipinski definition) is 5. The maximum atomic E-state index is 12.5. The third-order valence-electron chi connectivity index (χ3n) is 5.65. The van der Waals surface area contributed by atoms with Crippen molar-refractivity contribution in [3.8, 4) is 11.4 Å². The van der Waals surface area contributed by atoms with Crippen molar-refractivity contribution in [2.75, 3.05) is 5.75 Å². The fraction of sp³-hybridized carbons (Fsp3) is 0.333. The number of amides is 1. The molecule has 1 aliphatic carbocycles. The lowest BCUT2D eigenvalue weighted by atomic mass is 9.95. The van der Waals surface area contributed by atoms with Crippen LogP contribution in [-0.2, 0) is 4.79 Å². The Morgan fingerprint density at radius 1 is 1.09 bits per heavy atom. The van der Waals surface area contributed by atoms with E-state index in [1.165, 1.54) is 31.0 Å². The molecule has 33 heavy (non-hydrogen) atoms. The molecule has 0 atom stereocenters. The van der Waals surface area contributed by atoms with Crippen LogP contribution in [0, 0.1) is 0 Å². The van der Waals surface area contributed by atoms with Gasteiger partial charge in [0.1, 0.15) is 0 Å². The van der Waals surface area contributed by atoms with Gasteiger partial charge in [0.15, 0.2) is 11.0 Å². The fourth-order valence-electron chi connectivity index (χ4n) is 3.96. The Morgan fingerprint density at radius 2 is 1.82 bits per heavy atom. The first-order valence-electron chi connectivity index (χ1n) is 10.9. The molecule has 6 nitrogen and oxygen atoms in total. The first-order chi connectivity index (χ1) is 16.0. The van der Waals surface area contributed by atoms with Gasteiger partial charge in [0.25, 0.3) is 5.91 Å². The van der Waals surface area contributed by atoms with Gasteiger partial charge in [-0.25, -0.2) is 5.43 Å². The first kappa shape index (κ1) is 23.8. The highest BCUT2D eigenvalue weighted by Crippen LogP contribution is 2.35. The van der Waals surface area contributed by atoms with Crippen molar-refractivity contribution in [1.82, 2.24) is 20.2 Å². The van der Waals surface area contributed by atoms with Crippen molar-refractivity contribution in [1.29, 1.82) is 0 Å². The molecule has 1 heterocycles. The lowest BCUT2D eigenvalue weighted by molar-refractivity contribution is -0.118. The van der Waals surface area contributed by atoms with Crippen LogP contribution in [0.5, 0.6) is 0 Å². The molecular formula is C24H25Cl2N5OS. The average molecular weight is 502 g/mol. The SMILES string of the molecule is C/C(=N/NC(=O)CSc1nnc(-c2ccc(Cl)cc2)n1C1CCCCC1)c1ccccc1Cl. The third-order valence-corrected chi connectivity index (χ3v) is 7.18. The van der Waals surface area contributed by atoms with Gasteiger partial charge in [-0.2, -0.15) is 5.10 Å². The maximum absolute atomic E-state index is 12.5. The van der Waals surface area contributed by atoms with Gasteiger partial charge >= 0.3 is 0 Å². The summed E-state index contributed by atoms with van der Waals surface area (Å²) < 4.78 is 2.19. The molecule has 0 spiro atoms. The Kier molecular flexibility index (Phi) is 8.06. The molecule has 1 saturated carbocycles. The predicted molar refractivity (Wildman–Crippen MR) is 135 cm³/mol. The maximum Gasteiger partial charge on any atom is 0.250 e. The van der Waals surface area contributed by atoms with E-state index in [0.717, 1.165) is 34.9 Å². The summed E-state index contributed by atoms with van der Waals surface area (Å²) in [6.07, 6.45) is 5.79. The van der Waals surface area contributed by atoms with Gasteiger partial charge in [-0.05, 0) is 50.1 Å². The van der Waals surface area contributed by atoms with E-state index in [1.54, 1.807) is 6.07 Å². The van der Waals surface area contributed by atoms with Crippen molar-refractivity contribution in [3.05, 3.63) is 64.1 Å². The number of hydrazone groups is 1. The van der Waals surface area contributed by atoms with Crippen molar-refractivity contribution < 1.29 is 4.79 Å². The molecular weight excluding hydrogens is 477 g/mol. The number of benzene rings is 2. The molecule has 3 aromatic rings. The topological polar surface area (TPSA) is 72.2 Å². The number of nitrogens with one attached hydrogen (secondary N) is 1. The first-order valence-corrected chi connectivity index (χ1v) is 12.7. The highest BCUT2D eigenvalue weighted by Gasteiger charge is 2.24. The molecule has 1 amide bonds. The predicted octanol–water partition coefficient (Wildman–Crippen LogP) is 6.39. The van der Waals surface area contributed by atoms with Gasteiger partial charge < -0.3 is 0 Å². The summed E-state index contributed by atoms with van der Waals surface area (Å²) in [7, 11) is 0. The number of rotatable bonds is 7. The third kappa shape index (κ3) is 5.96. The van der Waals surface area contributed by atoms with Crippen LogP contribution in [0.4, 0.5) is 0 Å². The van der Waals surface area contributed by atoms with Crippen LogP contribution in [-0.4, -0.2) is 32.1 Å². The number of carbonyl (C=O) groups excluding carboxylic acids is 1. The van der Waals surface area contributed by atoms with Gasteiger partial charge in [0.2, 0.25) is 0 Å². The summed E-state index contributed by atoms with van der Waals surface area (Å²) in [6.45, 7) is 1.81. The molecule has 0 bridgehead atoms. The van der Waals surface area contributed by atoms with Crippen LogP contribution >= 0.6 is 35.0 Å². The number of halogens is 2. The minimum absolute atomic E-state index is 0.185. The van der Waals surface area contributed by atoms with Crippen LogP contribution in [0.2, 0.25) is 10.0 Å². The molecule has 2 aromatic carbocycles. The van der Waals surface area contributed by atoms with Crippen molar-refractivity contribution in [3.63, 3.8) is 0 Å². The number of thioether (sulfide) groups is 1. The van der Waals surface area contributed by atoms with E-state index in [9.17, 15) is 4.79 Å². The second kappa shape index (κ2) is 11.2. The largest absolute Gasteiger partial charge is 0.299 e. The zero-order valence-corrected chi connectivity index (χ0v) is 20.6. The molecule has 0 aliphatic heterocycles. The van der Waals surface area contributed by atoms with Gasteiger partial charge in [0, 0.05) is 27.2 Å². The molecule has 9 heteroatoms. The molecule has 1 N–H and O–H groups in total. The number of hydrogen-bond donors (Lipinski definition) is 1. The quantitative estimate of drug-likeness (QED) is 0.231. The van der Waals surface area contributed by atoms with Crippen LogP contribution < -0.4 is 5.43 Å². The van der Waals surface area contributed by atoms with E-state index >= 15 is 0 Å². The van der Waals surface area contributed by atoms with E-state index in [0.29, 0.717) is 21.8 Å². The normalized spacial score (nSPS) is 14.9. The van der Waals surface area contributed by atoms with E-state index in [-0.39, 0.29) is 11.7 Å². The highest BCUT2D eigenvalue weighted by atomic mass is 35.5. The summed E-state index contributed by atoms with van der Waals surface area (Å²) in [5.74, 6) is 0.789. The van der Waals surface area contributed by atoms with Crippen LogP contribution in [0.15, 0.2) is 58.8 Å². The summed E-state index contributed by atoms with van der Waals surface area (Å²) >= 11 is 13.6. The number of aromatic nitrogens is 3. The van der Waals surface area contributed by atoms with Gasteiger partial charge in [-0.3, -0.25) is 9.36 Å². The monoisotopic (exact) mass is 501 g/mol. The van der Waals surface area contributed by atoms with Gasteiger partial charge in [-0.1, -0.05) is 72.4 Å². The molecule has 1 fully saturated rings. The van der Waals surface area contributed by atoms with Crippen LogP contribution in [0.3, 0.4) is 0 Å². The van der Waals surface area contributed by atoms with E-state index in [4.69, 9.17) is 23.2 Å². The van der Waals surface area contributed by atoms with Crippen molar-refractivity contribution >= 4 is 46.6 Å².